The molecule has 0 unspecified atom stereocenters. The molecule has 1 aromatic rings. The van der Waals surface area contributed by atoms with E-state index >= 15 is 0 Å². The monoisotopic (exact) mass is 294 g/mol. The van der Waals surface area contributed by atoms with Crippen molar-refractivity contribution < 1.29 is 14.3 Å². The van der Waals surface area contributed by atoms with E-state index in [-0.39, 0.29) is 12.0 Å². The molecule has 5 heteroatoms. The van der Waals surface area contributed by atoms with Gasteiger partial charge < -0.3 is 20.1 Å². The third-order valence-corrected chi connectivity index (χ3v) is 3.34. The smallest absolute Gasteiger partial charge is 0.338 e. The number of anilines is 1. The predicted octanol–water partition coefficient (Wildman–Crippen LogP) is 2.55. The molecular weight excluding hydrogens is 268 g/mol. The quantitative estimate of drug-likeness (QED) is 0.453. The van der Waals surface area contributed by atoms with Gasteiger partial charge in [-0.15, -0.1) is 0 Å². The molecule has 1 atom stereocenters. The second kappa shape index (κ2) is 8.52. The van der Waals surface area contributed by atoms with E-state index in [0.29, 0.717) is 30.2 Å². The van der Waals surface area contributed by atoms with Crippen LogP contribution in [0.3, 0.4) is 0 Å². The first-order chi connectivity index (χ1) is 9.95. The molecular formula is C16H26N2O3. The number of hydrogen-bond donors (Lipinski definition) is 1. The second-order valence-electron chi connectivity index (χ2n) is 5.37. The molecule has 1 aromatic carbocycles. The summed E-state index contributed by atoms with van der Waals surface area (Å²) in [7, 11) is 3.89. The van der Waals surface area contributed by atoms with Crippen molar-refractivity contribution in [1.82, 2.24) is 4.90 Å². The highest BCUT2D eigenvalue weighted by Gasteiger charge is 2.13. The van der Waals surface area contributed by atoms with Gasteiger partial charge in [0, 0.05) is 6.04 Å². The van der Waals surface area contributed by atoms with Gasteiger partial charge in [0.1, 0.15) is 12.4 Å². The molecule has 0 aliphatic carbocycles. The van der Waals surface area contributed by atoms with Crippen molar-refractivity contribution in [2.75, 3.05) is 33.0 Å². The summed E-state index contributed by atoms with van der Waals surface area (Å²) in [4.78, 5) is 14.0. The average Bonchev–Trinajstić information content (AvgIpc) is 2.46. The van der Waals surface area contributed by atoms with Gasteiger partial charge in [0.05, 0.1) is 17.9 Å². The van der Waals surface area contributed by atoms with Crippen molar-refractivity contribution in [3.63, 3.8) is 0 Å². The van der Waals surface area contributed by atoms with Gasteiger partial charge in [-0.2, -0.15) is 0 Å². The number of rotatable bonds is 8. The molecule has 5 nitrogen and oxygen atoms in total. The lowest BCUT2D eigenvalue weighted by Gasteiger charge is -2.19. The molecule has 118 valence electrons. The van der Waals surface area contributed by atoms with Gasteiger partial charge in [0.15, 0.2) is 0 Å². The maximum atomic E-state index is 12.0. The Kier molecular flexibility index (Phi) is 7.02. The normalized spacial score (nSPS) is 12.2. The standard InChI is InChI=1S/C16H26N2O3/c1-5-6-9-20-15-10-13(7-8-14(15)17)16(19)21-11-12(2)18(3)4/h7-8,10,12H,5-6,9,11,17H2,1-4H3/t12-/m0/s1. The number of benzene rings is 1. The topological polar surface area (TPSA) is 64.8 Å². The highest BCUT2D eigenvalue weighted by Crippen LogP contribution is 2.23. The lowest BCUT2D eigenvalue weighted by Crippen LogP contribution is -2.30. The van der Waals surface area contributed by atoms with Gasteiger partial charge >= 0.3 is 5.97 Å². The maximum Gasteiger partial charge on any atom is 0.338 e. The molecule has 0 heterocycles. The Bertz CT molecular complexity index is 461. The number of nitrogens with two attached hydrogens (primary N) is 1. The number of likely N-dealkylation sites (N-methyl/N-ethyl adjacent to an activating group) is 1. The van der Waals surface area contributed by atoms with Crippen molar-refractivity contribution in [1.29, 1.82) is 0 Å². The SMILES string of the molecule is CCCCOc1cc(C(=O)OC[C@H](C)N(C)C)ccc1N. The molecule has 21 heavy (non-hydrogen) atoms. The molecule has 0 aromatic heterocycles. The zero-order chi connectivity index (χ0) is 15.8. The third kappa shape index (κ3) is 5.63. The van der Waals surface area contributed by atoms with Crippen molar-refractivity contribution in [2.24, 2.45) is 0 Å². The van der Waals surface area contributed by atoms with Crippen LogP contribution >= 0.6 is 0 Å². The van der Waals surface area contributed by atoms with E-state index in [1.165, 1.54) is 0 Å². The molecule has 0 bridgehead atoms. The van der Waals surface area contributed by atoms with Crippen LogP contribution in [0.5, 0.6) is 5.75 Å². The molecule has 0 amide bonds. The minimum Gasteiger partial charge on any atom is -0.491 e. The summed E-state index contributed by atoms with van der Waals surface area (Å²) in [6, 6.07) is 5.15. The Morgan fingerprint density at radius 1 is 1.38 bits per heavy atom. The Morgan fingerprint density at radius 2 is 2.10 bits per heavy atom. The highest BCUT2D eigenvalue weighted by molar-refractivity contribution is 5.90. The van der Waals surface area contributed by atoms with Crippen molar-refractivity contribution in [3.05, 3.63) is 23.8 Å². The molecule has 2 N–H and O–H groups in total. The number of hydrogen-bond acceptors (Lipinski definition) is 5. The van der Waals surface area contributed by atoms with Crippen LogP contribution in [0.25, 0.3) is 0 Å². The fourth-order valence-corrected chi connectivity index (χ4v) is 1.54. The van der Waals surface area contributed by atoms with E-state index in [1.54, 1.807) is 18.2 Å². The van der Waals surface area contributed by atoms with E-state index in [0.717, 1.165) is 12.8 Å². The number of nitrogens with zero attached hydrogens (tertiary/aromatic N) is 1. The maximum absolute atomic E-state index is 12.0. The molecule has 0 aliphatic rings. The first kappa shape index (κ1) is 17.3. The predicted molar refractivity (Wildman–Crippen MR) is 84.7 cm³/mol. The van der Waals surface area contributed by atoms with Crippen molar-refractivity contribution in [2.45, 2.75) is 32.7 Å². The van der Waals surface area contributed by atoms with Crippen molar-refractivity contribution in [3.8, 4) is 5.75 Å². The largest absolute Gasteiger partial charge is 0.491 e. The van der Waals surface area contributed by atoms with Gasteiger partial charge in [-0.1, -0.05) is 13.3 Å². The van der Waals surface area contributed by atoms with Crippen LogP contribution in [-0.2, 0) is 4.74 Å². The van der Waals surface area contributed by atoms with Gasteiger partial charge in [-0.3, -0.25) is 0 Å². The Hall–Kier alpha value is -1.75. The van der Waals surface area contributed by atoms with Crippen LogP contribution in [0, 0.1) is 0 Å². The number of ether oxygens (including phenoxy) is 2. The molecule has 0 saturated heterocycles. The van der Waals surface area contributed by atoms with Gasteiger partial charge in [0.25, 0.3) is 0 Å². The van der Waals surface area contributed by atoms with Crippen LogP contribution in [0.15, 0.2) is 18.2 Å². The third-order valence-electron chi connectivity index (χ3n) is 3.34. The Balaban J connectivity index is 2.65. The zero-order valence-corrected chi connectivity index (χ0v) is 13.4. The second-order valence-corrected chi connectivity index (χ2v) is 5.37. The zero-order valence-electron chi connectivity index (χ0n) is 13.4. The molecule has 0 spiro atoms. The minimum absolute atomic E-state index is 0.169. The van der Waals surface area contributed by atoms with Crippen LogP contribution < -0.4 is 10.5 Å². The molecule has 0 saturated carbocycles. The summed E-state index contributed by atoms with van der Waals surface area (Å²) in [5, 5.41) is 0. The van der Waals surface area contributed by atoms with E-state index < -0.39 is 0 Å². The lowest BCUT2D eigenvalue weighted by atomic mass is 10.2. The average molecular weight is 294 g/mol. The number of carbonyl (C=O) groups excluding carboxylic acids is 1. The van der Waals surface area contributed by atoms with E-state index in [9.17, 15) is 4.79 Å². The van der Waals surface area contributed by atoms with E-state index in [2.05, 4.69) is 6.92 Å². The van der Waals surface area contributed by atoms with Gasteiger partial charge in [-0.25, -0.2) is 4.79 Å². The number of nitrogen functional groups attached to an aromatic ring is 1. The summed E-state index contributed by atoms with van der Waals surface area (Å²) in [6.07, 6.45) is 2.00. The van der Waals surface area contributed by atoms with Crippen LogP contribution in [0.4, 0.5) is 5.69 Å². The summed E-state index contributed by atoms with van der Waals surface area (Å²) in [6.45, 7) is 5.03. The van der Waals surface area contributed by atoms with Crippen LogP contribution in [0.1, 0.15) is 37.0 Å². The minimum atomic E-state index is -0.357. The summed E-state index contributed by atoms with van der Waals surface area (Å²) >= 11 is 0. The summed E-state index contributed by atoms with van der Waals surface area (Å²) in [5.74, 6) is 0.183. The number of esters is 1. The molecule has 0 aliphatic heterocycles. The molecule has 1 rings (SSSR count). The fraction of sp³-hybridized carbons (Fsp3) is 0.562. The van der Waals surface area contributed by atoms with E-state index in [1.807, 2.05) is 25.9 Å². The Labute approximate surface area is 127 Å². The number of carbonyl (C=O) groups is 1. The Morgan fingerprint density at radius 3 is 2.71 bits per heavy atom. The lowest BCUT2D eigenvalue weighted by molar-refractivity contribution is 0.0416. The van der Waals surface area contributed by atoms with E-state index in [4.69, 9.17) is 15.2 Å². The van der Waals surface area contributed by atoms with Crippen LogP contribution in [0.2, 0.25) is 0 Å². The first-order valence-electron chi connectivity index (χ1n) is 7.31. The fourth-order valence-electron chi connectivity index (χ4n) is 1.54. The summed E-state index contributed by atoms with van der Waals surface area (Å²) < 4.78 is 10.9. The molecule has 0 fully saturated rings. The van der Waals surface area contributed by atoms with Crippen LogP contribution in [-0.4, -0.2) is 44.2 Å². The first-order valence-corrected chi connectivity index (χ1v) is 7.31. The number of unbranched alkanes of at least 4 members (excludes halogenated alkanes) is 1. The van der Waals surface area contributed by atoms with Gasteiger partial charge in [0.2, 0.25) is 0 Å². The summed E-state index contributed by atoms with van der Waals surface area (Å²) in [5.41, 5.74) is 6.84. The van der Waals surface area contributed by atoms with Crippen molar-refractivity contribution >= 4 is 11.7 Å². The highest BCUT2D eigenvalue weighted by atomic mass is 16.5. The molecule has 0 radical (unpaired) electrons. The van der Waals surface area contributed by atoms with Gasteiger partial charge in [-0.05, 0) is 45.6 Å².